The summed E-state index contributed by atoms with van der Waals surface area (Å²) in [6.45, 7) is 2.05. The molecular weight excluding hydrogens is 188 g/mol. The minimum Gasteiger partial charge on any atom is -0.480 e. The van der Waals surface area contributed by atoms with Crippen molar-refractivity contribution in [3.05, 3.63) is 42.2 Å². The number of nitrogens with zero attached hydrogens (tertiary/aromatic N) is 2. The van der Waals surface area contributed by atoms with Gasteiger partial charge in [-0.05, 0) is 12.5 Å². The van der Waals surface area contributed by atoms with Crippen LogP contribution in [0.2, 0.25) is 0 Å². The Morgan fingerprint density at radius 1 is 1.13 bits per heavy atom. The Balaban J connectivity index is 2.49. The summed E-state index contributed by atoms with van der Waals surface area (Å²) in [6.07, 6.45) is 3.34. The minimum absolute atomic E-state index is 0.538. The lowest BCUT2D eigenvalue weighted by Gasteiger charge is -2.05. The Kier molecular flexibility index (Phi) is 2.63. The zero-order valence-electron chi connectivity index (χ0n) is 8.77. The summed E-state index contributed by atoms with van der Waals surface area (Å²) in [4.78, 5) is 8.42. The van der Waals surface area contributed by atoms with Gasteiger partial charge in [-0.1, -0.05) is 24.3 Å². The van der Waals surface area contributed by atoms with E-state index in [4.69, 9.17) is 4.74 Å². The molecule has 0 atom stereocenters. The van der Waals surface area contributed by atoms with Gasteiger partial charge < -0.3 is 4.74 Å². The van der Waals surface area contributed by atoms with Gasteiger partial charge >= 0.3 is 0 Å². The lowest BCUT2D eigenvalue weighted by Crippen LogP contribution is -1.92. The van der Waals surface area contributed by atoms with Gasteiger partial charge in [0.1, 0.15) is 0 Å². The lowest BCUT2D eigenvalue weighted by molar-refractivity contribution is 0.396. The van der Waals surface area contributed by atoms with Crippen molar-refractivity contribution in [1.29, 1.82) is 0 Å². The van der Waals surface area contributed by atoms with Gasteiger partial charge in [0.2, 0.25) is 5.88 Å². The Morgan fingerprint density at radius 3 is 2.67 bits per heavy atom. The highest BCUT2D eigenvalue weighted by molar-refractivity contribution is 5.62. The fraction of sp³-hybridized carbons (Fsp3) is 0.167. The fourth-order valence-corrected chi connectivity index (χ4v) is 1.44. The van der Waals surface area contributed by atoms with E-state index >= 15 is 0 Å². The molecular formula is C12H12N2O. The molecule has 1 heterocycles. The fourth-order valence-electron chi connectivity index (χ4n) is 1.44. The van der Waals surface area contributed by atoms with Crippen LogP contribution in [-0.2, 0) is 0 Å². The predicted molar refractivity (Wildman–Crippen MR) is 58.8 cm³/mol. The average Bonchev–Trinajstić information content (AvgIpc) is 2.30. The van der Waals surface area contributed by atoms with Crippen LogP contribution < -0.4 is 4.74 Å². The highest BCUT2D eigenvalue weighted by Crippen LogP contribution is 2.21. The molecule has 3 heteroatoms. The van der Waals surface area contributed by atoms with E-state index in [0.717, 1.165) is 11.3 Å². The van der Waals surface area contributed by atoms with Crippen molar-refractivity contribution in [2.75, 3.05) is 7.11 Å². The quantitative estimate of drug-likeness (QED) is 0.747. The average molecular weight is 200 g/mol. The maximum Gasteiger partial charge on any atom is 0.232 e. The molecule has 1 aromatic heterocycles. The Labute approximate surface area is 88.8 Å². The van der Waals surface area contributed by atoms with E-state index in [1.165, 1.54) is 5.56 Å². The van der Waals surface area contributed by atoms with Crippen LogP contribution in [-0.4, -0.2) is 17.1 Å². The molecule has 0 saturated heterocycles. The van der Waals surface area contributed by atoms with Crippen molar-refractivity contribution in [3.63, 3.8) is 0 Å². The summed E-state index contributed by atoms with van der Waals surface area (Å²) in [5.74, 6) is 0.538. The van der Waals surface area contributed by atoms with E-state index < -0.39 is 0 Å². The van der Waals surface area contributed by atoms with Crippen molar-refractivity contribution in [2.24, 2.45) is 0 Å². The molecule has 0 fully saturated rings. The lowest BCUT2D eigenvalue weighted by atomic mass is 10.1. The molecule has 0 unspecified atom stereocenters. The second kappa shape index (κ2) is 4.09. The summed E-state index contributed by atoms with van der Waals surface area (Å²) < 4.78 is 5.04. The topological polar surface area (TPSA) is 35.0 Å². The zero-order chi connectivity index (χ0) is 10.7. The van der Waals surface area contributed by atoms with Crippen molar-refractivity contribution in [1.82, 2.24) is 9.97 Å². The zero-order valence-corrected chi connectivity index (χ0v) is 8.77. The summed E-state index contributed by atoms with van der Waals surface area (Å²) in [6, 6.07) is 8.07. The predicted octanol–water partition coefficient (Wildman–Crippen LogP) is 2.46. The molecule has 0 aliphatic carbocycles. The minimum atomic E-state index is 0.538. The van der Waals surface area contributed by atoms with Gasteiger partial charge in [0.15, 0.2) is 0 Å². The maximum atomic E-state index is 5.04. The Bertz CT molecular complexity index is 469. The number of methoxy groups -OCH3 is 1. The first kappa shape index (κ1) is 9.65. The van der Waals surface area contributed by atoms with Crippen LogP contribution in [0.5, 0.6) is 5.88 Å². The summed E-state index contributed by atoms with van der Waals surface area (Å²) in [5.41, 5.74) is 3.11. The van der Waals surface area contributed by atoms with Crippen molar-refractivity contribution < 1.29 is 4.74 Å². The Hall–Kier alpha value is -1.90. The molecule has 76 valence electrons. The van der Waals surface area contributed by atoms with Gasteiger partial charge in [-0.25, -0.2) is 4.98 Å². The SMILES string of the molecule is COc1cncc(-c2ccccc2C)n1. The van der Waals surface area contributed by atoms with Crippen LogP contribution >= 0.6 is 0 Å². The highest BCUT2D eigenvalue weighted by atomic mass is 16.5. The first-order valence-electron chi connectivity index (χ1n) is 4.73. The molecule has 2 aromatic rings. The molecule has 15 heavy (non-hydrogen) atoms. The second-order valence-electron chi connectivity index (χ2n) is 3.26. The first-order valence-corrected chi connectivity index (χ1v) is 4.73. The smallest absolute Gasteiger partial charge is 0.232 e. The van der Waals surface area contributed by atoms with E-state index in [9.17, 15) is 0 Å². The van der Waals surface area contributed by atoms with Crippen molar-refractivity contribution in [2.45, 2.75) is 6.92 Å². The van der Waals surface area contributed by atoms with E-state index in [0.29, 0.717) is 5.88 Å². The number of aromatic nitrogens is 2. The first-order chi connectivity index (χ1) is 7.31. The van der Waals surface area contributed by atoms with Gasteiger partial charge in [-0.3, -0.25) is 4.98 Å². The number of aryl methyl sites for hydroxylation is 1. The molecule has 2 rings (SSSR count). The van der Waals surface area contributed by atoms with Crippen LogP contribution in [0.15, 0.2) is 36.7 Å². The molecule has 3 nitrogen and oxygen atoms in total. The van der Waals surface area contributed by atoms with Crippen LogP contribution in [0.4, 0.5) is 0 Å². The Morgan fingerprint density at radius 2 is 1.93 bits per heavy atom. The number of rotatable bonds is 2. The third-order valence-corrected chi connectivity index (χ3v) is 2.24. The van der Waals surface area contributed by atoms with E-state index in [-0.39, 0.29) is 0 Å². The van der Waals surface area contributed by atoms with E-state index in [2.05, 4.69) is 23.0 Å². The van der Waals surface area contributed by atoms with Gasteiger partial charge in [0, 0.05) is 5.56 Å². The maximum absolute atomic E-state index is 5.04. The van der Waals surface area contributed by atoms with Gasteiger partial charge in [0.25, 0.3) is 0 Å². The highest BCUT2D eigenvalue weighted by Gasteiger charge is 2.03. The van der Waals surface area contributed by atoms with Crippen LogP contribution in [0.3, 0.4) is 0 Å². The third kappa shape index (κ3) is 1.96. The molecule has 0 spiro atoms. The molecule has 0 saturated carbocycles. The number of ether oxygens (including phenoxy) is 1. The van der Waals surface area contributed by atoms with E-state index in [1.54, 1.807) is 19.5 Å². The van der Waals surface area contributed by atoms with Gasteiger partial charge in [-0.2, -0.15) is 0 Å². The van der Waals surface area contributed by atoms with Crippen LogP contribution in [0.1, 0.15) is 5.56 Å². The van der Waals surface area contributed by atoms with Crippen molar-refractivity contribution in [3.8, 4) is 17.1 Å². The third-order valence-electron chi connectivity index (χ3n) is 2.24. The van der Waals surface area contributed by atoms with Crippen molar-refractivity contribution >= 4 is 0 Å². The number of benzene rings is 1. The number of hydrogen-bond acceptors (Lipinski definition) is 3. The molecule has 0 amide bonds. The second-order valence-corrected chi connectivity index (χ2v) is 3.26. The molecule has 0 bridgehead atoms. The van der Waals surface area contributed by atoms with Crippen LogP contribution in [0.25, 0.3) is 11.3 Å². The monoisotopic (exact) mass is 200 g/mol. The van der Waals surface area contributed by atoms with E-state index in [1.807, 2.05) is 18.2 Å². The van der Waals surface area contributed by atoms with Gasteiger partial charge in [0.05, 0.1) is 25.2 Å². The standard InChI is InChI=1S/C12H12N2O/c1-9-5-3-4-6-10(9)11-7-13-8-12(14-11)15-2/h3-8H,1-2H3. The molecule has 0 aliphatic rings. The largest absolute Gasteiger partial charge is 0.480 e. The molecule has 1 aromatic carbocycles. The molecule has 0 N–H and O–H groups in total. The summed E-state index contributed by atoms with van der Waals surface area (Å²) in [5, 5.41) is 0. The summed E-state index contributed by atoms with van der Waals surface area (Å²) >= 11 is 0. The summed E-state index contributed by atoms with van der Waals surface area (Å²) in [7, 11) is 1.59. The number of hydrogen-bond donors (Lipinski definition) is 0. The molecule has 0 aliphatic heterocycles. The van der Waals surface area contributed by atoms with Gasteiger partial charge in [-0.15, -0.1) is 0 Å². The normalized spacial score (nSPS) is 10.0. The van der Waals surface area contributed by atoms with Crippen LogP contribution in [0, 0.1) is 6.92 Å². The molecule has 0 radical (unpaired) electrons.